The molecule has 0 radical (unpaired) electrons. The van der Waals surface area contributed by atoms with Crippen LogP contribution >= 0.6 is 0 Å². The first kappa shape index (κ1) is 19.0. The predicted octanol–water partition coefficient (Wildman–Crippen LogP) is 2.13. The quantitative estimate of drug-likeness (QED) is 0.683. The van der Waals surface area contributed by atoms with Gasteiger partial charge in [-0.2, -0.15) is 10.2 Å². The number of anilines is 4. The van der Waals surface area contributed by atoms with E-state index in [2.05, 4.69) is 21.6 Å². The van der Waals surface area contributed by atoms with E-state index in [-0.39, 0.29) is 11.8 Å². The van der Waals surface area contributed by atoms with Crippen molar-refractivity contribution in [2.75, 3.05) is 36.1 Å². The molecule has 29 heavy (non-hydrogen) atoms. The Balaban J connectivity index is 1.65. The van der Waals surface area contributed by atoms with E-state index >= 15 is 0 Å². The molecule has 2 aliphatic rings. The molecule has 1 fully saturated rings. The lowest BCUT2D eigenvalue weighted by Crippen LogP contribution is -2.43. The van der Waals surface area contributed by atoms with Crippen LogP contribution in [0.4, 0.5) is 23.1 Å². The second kappa shape index (κ2) is 7.95. The average Bonchev–Trinajstić information content (AvgIpc) is 3.20. The normalized spacial score (nSPS) is 18.1. The summed E-state index contributed by atoms with van der Waals surface area (Å²) in [4.78, 5) is 23.9. The van der Waals surface area contributed by atoms with Gasteiger partial charge in [-0.1, -0.05) is 0 Å². The van der Waals surface area contributed by atoms with E-state index < -0.39 is 0 Å². The zero-order chi connectivity index (χ0) is 20.4. The monoisotopic (exact) mass is 391 g/mol. The second-order valence-corrected chi connectivity index (χ2v) is 7.63. The molecule has 1 atom stereocenters. The van der Waals surface area contributed by atoms with Gasteiger partial charge < -0.3 is 21.3 Å². The summed E-state index contributed by atoms with van der Waals surface area (Å²) < 4.78 is 0. The Morgan fingerprint density at radius 1 is 1.28 bits per heavy atom. The number of amides is 1. The van der Waals surface area contributed by atoms with Crippen molar-refractivity contribution in [3.8, 4) is 6.07 Å². The molecule has 1 unspecified atom stereocenters. The summed E-state index contributed by atoms with van der Waals surface area (Å²) in [6.07, 6.45) is 4.80. The highest BCUT2D eigenvalue weighted by Crippen LogP contribution is 2.33. The molecular weight excluding hydrogens is 366 g/mol. The van der Waals surface area contributed by atoms with Gasteiger partial charge in [0.25, 0.3) is 0 Å². The SMILES string of the molecule is CNC(=O)C1CCCN(c2nc(Nc3cc(N)cc(C#N)c3)nc3c2CCC3)C1. The van der Waals surface area contributed by atoms with E-state index in [1.807, 2.05) is 0 Å². The third-order valence-corrected chi connectivity index (χ3v) is 5.59. The van der Waals surface area contributed by atoms with Crippen LogP contribution in [0.15, 0.2) is 18.2 Å². The molecule has 1 aromatic carbocycles. The van der Waals surface area contributed by atoms with Gasteiger partial charge in [-0.3, -0.25) is 4.79 Å². The highest BCUT2D eigenvalue weighted by Gasteiger charge is 2.29. The minimum absolute atomic E-state index is 0.0238. The van der Waals surface area contributed by atoms with Crippen LogP contribution in [0.25, 0.3) is 0 Å². The smallest absolute Gasteiger partial charge is 0.229 e. The summed E-state index contributed by atoms with van der Waals surface area (Å²) in [5, 5.41) is 15.2. The largest absolute Gasteiger partial charge is 0.399 e. The van der Waals surface area contributed by atoms with Crippen LogP contribution in [0, 0.1) is 17.2 Å². The average molecular weight is 391 g/mol. The third-order valence-electron chi connectivity index (χ3n) is 5.59. The van der Waals surface area contributed by atoms with Gasteiger partial charge in [-0.05, 0) is 50.3 Å². The fourth-order valence-electron chi connectivity index (χ4n) is 4.24. The molecule has 1 amide bonds. The third kappa shape index (κ3) is 3.94. The van der Waals surface area contributed by atoms with Crippen molar-refractivity contribution in [3.05, 3.63) is 35.0 Å². The molecule has 0 saturated carbocycles. The number of nitrogens with zero attached hydrogens (tertiary/aromatic N) is 4. The molecule has 1 aliphatic heterocycles. The Labute approximate surface area is 170 Å². The molecule has 4 rings (SSSR count). The number of hydrogen-bond donors (Lipinski definition) is 3. The summed E-state index contributed by atoms with van der Waals surface area (Å²) in [5.41, 5.74) is 9.84. The van der Waals surface area contributed by atoms with Crippen LogP contribution in [-0.2, 0) is 17.6 Å². The van der Waals surface area contributed by atoms with Crippen molar-refractivity contribution in [2.24, 2.45) is 5.92 Å². The summed E-state index contributed by atoms with van der Waals surface area (Å²) in [6.45, 7) is 1.55. The number of nitrogens with one attached hydrogen (secondary N) is 2. The zero-order valence-electron chi connectivity index (χ0n) is 16.5. The first-order valence-electron chi connectivity index (χ1n) is 10.0. The standard InChI is InChI=1S/C21H25N7O/c1-24-20(29)14-4-3-7-28(12-14)19-17-5-2-6-18(17)26-21(27-19)25-16-9-13(11-22)8-15(23)10-16/h8-10,14H,2-7,12,23H2,1H3,(H,24,29)(H,25,26,27). The Hall–Kier alpha value is -3.34. The molecule has 2 heterocycles. The molecule has 8 heteroatoms. The summed E-state index contributed by atoms with van der Waals surface area (Å²) in [7, 11) is 1.69. The number of nitrogen functional groups attached to an aromatic ring is 1. The maximum Gasteiger partial charge on any atom is 0.229 e. The second-order valence-electron chi connectivity index (χ2n) is 7.63. The number of carbonyl (C=O) groups excluding carboxylic acids is 1. The lowest BCUT2D eigenvalue weighted by atomic mass is 9.97. The van der Waals surface area contributed by atoms with Gasteiger partial charge in [-0.15, -0.1) is 0 Å². The zero-order valence-corrected chi connectivity index (χ0v) is 16.5. The highest BCUT2D eigenvalue weighted by atomic mass is 16.1. The number of piperidine rings is 1. The van der Waals surface area contributed by atoms with Crippen molar-refractivity contribution >= 4 is 29.0 Å². The van der Waals surface area contributed by atoms with Crippen molar-refractivity contribution < 1.29 is 4.79 Å². The number of carbonyl (C=O) groups is 1. The number of nitrogens with two attached hydrogens (primary N) is 1. The van der Waals surface area contributed by atoms with Crippen molar-refractivity contribution in [1.29, 1.82) is 5.26 Å². The number of benzene rings is 1. The Bertz CT molecular complexity index is 982. The van der Waals surface area contributed by atoms with Gasteiger partial charge in [0, 0.05) is 37.1 Å². The Morgan fingerprint density at radius 2 is 2.14 bits per heavy atom. The first-order chi connectivity index (χ1) is 14.1. The number of fused-ring (bicyclic) bond motifs is 1. The van der Waals surface area contributed by atoms with E-state index in [1.165, 1.54) is 5.56 Å². The minimum atomic E-state index is -0.0238. The maximum atomic E-state index is 12.2. The number of aromatic nitrogens is 2. The van der Waals surface area contributed by atoms with E-state index in [9.17, 15) is 10.1 Å². The molecule has 4 N–H and O–H groups in total. The van der Waals surface area contributed by atoms with Gasteiger partial charge in [0.1, 0.15) is 5.82 Å². The van der Waals surface area contributed by atoms with E-state index in [1.54, 1.807) is 25.2 Å². The summed E-state index contributed by atoms with van der Waals surface area (Å²) >= 11 is 0. The van der Waals surface area contributed by atoms with Gasteiger partial charge in [0.05, 0.1) is 23.2 Å². The molecule has 0 spiro atoms. The fraction of sp³-hybridized carbons (Fsp3) is 0.429. The first-order valence-corrected chi connectivity index (χ1v) is 10.0. The number of rotatable bonds is 4. The van der Waals surface area contributed by atoms with Crippen molar-refractivity contribution in [2.45, 2.75) is 32.1 Å². The molecule has 150 valence electrons. The fourth-order valence-corrected chi connectivity index (χ4v) is 4.24. The van der Waals surface area contributed by atoms with Crippen LogP contribution in [0.3, 0.4) is 0 Å². The van der Waals surface area contributed by atoms with Crippen molar-refractivity contribution in [3.63, 3.8) is 0 Å². The summed E-state index contributed by atoms with van der Waals surface area (Å²) in [6, 6.07) is 7.24. The maximum absolute atomic E-state index is 12.2. The van der Waals surface area contributed by atoms with Crippen molar-refractivity contribution in [1.82, 2.24) is 15.3 Å². The van der Waals surface area contributed by atoms with Gasteiger partial charge in [0.2, 0.25) is 11.9 Å². The summed E-state index contributed by atoms with van der Waals surface area (Å²) in [5.74, 6) is 1.48. The lowest BCUT2D eigenvalue weighted by Gasteiger charge is -2.34. The van der Waals surface area contributed by atoms with E-state index in [4.69, 9.17) is 15.7 Å². The van der Waals surface area contributed by atoms with E-state index in [0.717, 1.165) is 50.2 Å². The van der Waals surface area contributed by atoms with E-state index in [0.29, 0.717) is 29.4 Å². The van der Waals surface area contributed by atoms with Crippen LogP contribution in [0.5, 0.6) is 0 Å². The molecule has 1 aromatic heterocycles. The minimum Gasteiger partial charge on any atom is -0.399 e. The molecule has 0 bridgehead atoms. The predicted molar refractivity (Wildman–Crippen MR) is 112 cm³/mol. The van der Waals surface area contributed by atoms with Gasteiger partial charge in [0.15, 0.2) is 0 Å². The molecule has 2 aromatic rings. The number of nitriles is 1. The van der Waals surface area contributed by atoms with Crippen LogP contribution in [-0.4, -0.2) is 36.0 Å². The molecule has 1 saturated heterocycles. The van der Waals surface area contributed by atoms with Crippen LogP contribution in [0.1, 0.15) is 36.1 Å². The van der Waals surface area contributed by atoms with Crippen LogP contribution in [0.2, 0.25) is 0 Å². The Morgan fingerprint density at radius 3 is 2.93 bits per heavy atom. The molecule has 8 nitrogen and oxygen atoms in total. The van der Waals surface area contributed by atoms with Gasteiger partial charge in [-0.25, -0.2) is 4.98 Å². The number of aryl methyl sites for hydroxylation is 1. The number of hydrogen-bond acceptors (Lipinski definition) is 7. The molecule has 1 aliphatic carbocycles. The topological polar surface area (TPSA) is 120 Å². The Kier molecular flexibility index (Phi) is 5.21. The highest BCUT2D eigenvalue weighted by molar-refractivity contribution is 5.79. The van der Waals surface area contributed by atoms with Gasteiger partial charge >= 0.3 is 0 Å². The molecular formula is C21H25N7O. The lowest BCUT2D eigenvalue weighted by molar-refractivity contribution is -0.124. The van der Waals surface area contributed by atoms with Crippen LogP contribution < -0.4 is 21.3 Å².